The van der Waals surface area contributed by atoms with Crippen molar-refractivity contribution in [3.8, 4) is 5.75 Å². The average Bonchev–Trinajstić information content (AvgIpc) is 2.46. The highest BCUT2D eigenvalue weighted by Crippen LogP contribution is 2.11. The molecule has 0 fully saturated rings. The van der Waals surface area contributed by atoms with Crippen LogP contribution in [0.2, 0.25) is 0 Å². The topological polar surface area (TPSA) is 68.5 Å². The highest BCUT2D eigenvalue weighted by Gasteiger charge is 2.07. The van der Waals surface area contributed by atoms with Crippen LogP contribution in [-0.2, 0) is 17.9 Å². The van der Waals surface area contributed by atoms with Crippen molar-refractivity contribution in [3.05, 3.63) is 64.1 Å². The van der Waals surface area contributed by atoms with Crippen LogP contribution in [0.25, 0.3) is 0 Å². The van der Waals surface area contributed by atoms with Crippen LogP contribution in [0.3, 0.4) is 0 Å². The van der Waals surface area contributed by atoms with Gasteiger partial charge in [-0.2, -0.15) is 0 Å². The lowest BCUT2D eigenvalue weighted by molar-refractivity contribution is -0.137. The van der Waals surface area contributed by atoms with E-state index < -0.39 is 5.97 Å². The molecule has 0 aliphatic heterocycles. The minimum absolute atomic E-state index is 0.0961. The summed E-state index contributed by atoms with van der Waals surface area (Å²) in [7, 11) is 0. The van der Waals surface area contributed by atoms with Crippen LogP contribution in [0, 0.1) is 6.92 Å². The van der Waals surface area contributed by atoms with Crippen LogP contribution < -0.4 is 10.3 Å². The number of carbonyl (C=O) groups is 1. The van der Waals surface area contributed by atoms with E-state index in [2.05, 4.69) is 0 Å². The standard InChI is InChI=1S/C16H17NO4/c1-12-5-2-3-6-13(12)11-21-14-7-4-9-17(16(14)20)10-8-15(18)19/h2-7,9H,8,10-11H2,1H3,(H,18,19). The number of hydrogen-bond acceptors (Lipinski definition) is 3. The Labute approximate surface area is 122 Å². The van der Waals surface area contributed by atoms with Gasteiger partial charge in [0.05, 0.1) is 6.42 Å². The summed E-state index contributed by atoms with van der Waals surface area (Å²) in [4.78, 5) is 22.7. The SMILES string of the molecule is Cc1ccccc1COc1cccn(CCC(=O)O)c1=O. The van der Waals surface area contributed by atoms with E-state index in [-0.39, 0.29) is 24.3 Å². The Morgan fingerprint density at radius 1 is 1.24 bits per heavy atom. The van der Waals surface area contributed by atoms with E-state index in [0.717, 1.165) is 11.1 Å². The summed E-state index contributed by atoms with van der Waals surface area (Å²) in [5.41, 5.74) is 1.80. The average molecular weight is 287 g/mol. The summed E-state index contributed by atoms with van der Waals surface area (Å²) in [5, 5.41) is 8.67. The van der Waals surface area contributed by atoms with E-state index in [0.29, 0.717) is 6.61 Å². The lowest BCUT2D eigenvalue weighted by atomic mass is 10.1. The van der Waals surface area contributed by atoms with Crippen molar-refractivity contribution in [1.82, 2.24) is 4.57 Å². The van der Waals surface area contributed by atoms with Gasteiger partial charge < -0.3 is 14.4 Å². The van der Waals surface area contributed by atoms with Crippen LogP contribution in [0.15, 0.2) is 47.4 Å². The number of aliphatic carboxylic acids is 1. The molecule has 0 aliphatic rings. The first-order chi connectivity index (χ1) is 10.1. The van der Waals surface area contributed by atoms with Crippen molar-refractivity contribution >= 4 is 5.97 Å². The smallest absolute Gasteiger partial charge is 0.305 e. The summed E-state index contributed by atoms with van der Waals surface area (Å²) in [6.07, 6.45) is 1.47. The number of nitrogens with zero attached hydrogens (tertiary/aromatic N) is 1. The van der Waals surface area contributed by atoms with E-state index in [4.69, 9.17) is 9.84 Å². The van der Waals surface area contributed by atoms with E-state index in [1.807, 2.05) is 31.2 Å². The molecule has 2 rings (SSSR count). The summed E-state index contributed by atoms with van der Waals surface area (Å²) in [5.74, 6) is -0.709. The second kappa shape index (κ2) is 6.74. The van der Waals surface area contributed by atoms with Gasteiger partial charge in [-0.3, -0.25) is 9.59 Å². The maximum absolute atomic E-state index is 12.1. The third-order valence-electron chi connectivity index (χ3n) is 3.20. The molecule has 0 saturated carbocycles. The number of ether oxygens (including phenoxy) is 1. The molecule has 0 amide bonds. The number of aromatic nitrogens is 1. The number of pyridine rings is 1. The Balaban J connectivity index is 2.10. The molecule has 1 aromatic heterocycles. The van der Waals surface area contributed by atoms with Gasteiger partial charge in [-0.15, -0.1) is 0 Å². The molecule has 0 spiro atoms. The molecular weight excluding hydrogens is 270 g/mol. The monoisotopic (exact) mass is 287 g/mol. The van der Waals surface area contributed by atoms with Crippen LogP contribution in [0.5, 0.6) is 5.75 Å². The van der Waals surface area contributed by atoms with Gasteiger partial charge in [-0.25, -0.2) is 0 Å². The number of carboxylic acid groups (broad SMARTS) is 1. The van der Waals surface area contributed by atoms with Gasteiger partial charge >= 0.3 is 5.97 Å². The highest BCUT2D eigenvalue weighted by molar-refractivity contribution is 5.66. The largest absolute Gasteiger partial charge is 0.483 e. The molecule has 0 radical (unpaired) electrons. The van der Waals surface area contributed by atoms with Gasteiger partial charge in [-0.1, -0.05) is 24.3 Å². The predicted molar refractivity (Wildman–Crippen MR) is 78.5 cm³/mol. The van der Waals surface area contributed by atoms with Gasteiger partial charge in [0.15, 0.2) is 5.75 Å². The minimum atomic E-state index is -0.937. The second-order valence-electron chi connectivity index (χ2n) is 4.73. The first-order valence-corrected chi connectivity index (χ1v) is 6.66. The van der Waals surface area contributed by atoms with E-state index in [1.165, 1.54) is 4.57 Å². The first kappa shape index (κ1) is 14.8. The number of aryl methyl sites for hydroxylation is 2. The maximum atomic E-state index is 12.1. The Hall–Kier alpha value is -2.56. The Kier molecular flexibility index (Phi) is 4.77. The second-order valence-corrected chi connectivity index (χ2v) is 4.73. The molecule has 110 valence electrons. The van der Waals surface area contributed by atoms with Crippen LogP contribution >= 0.6 is 0 Å². The molecule has 0 saturated heterocycles. The maximum Gasteiger partial charge on any atom is 0.305 e. The lowest BCUT2D eigenvalue weighted by Crippen LogP contribution is -2.22. The molecule has 0 atom stereocenters. The fourth-order valence-electron chi connectivity index (χ4n) is 1.94. The van der Waals surface area contributed by atoms with Crippen LogP contribution in [0.1, 0.15) is 17.5 Å². The molecule has 1 heterocycles. The minimum Gasteiger partial charge on any atom is -0.483 e. The van der Waals surface area contributed by atoms with Crippen molar-refractivity contribution in [1.29, 1.82) is 0 Å². The quantitative estimate of drug-likeness (QED) is 0.884. The van der Waals surface area contributed by atoms with Gasteiger partial charge in [0.25, 0.3) is 5.56 Å². The van der Waals surface area contributed by atoms with Gasteiger partial charge in [0.1, 0.15) is 6.61 Å². The molecule has 0 bridgehead atoms. The third-order valence-corrected chi connectivity index (χ3v) is 3.20. The van der Waals surface area contributed by atoms with Gasteiger partial charge in [-0.05, 0) is 30.2 Å². The molecule has 1 aromatic carbocycles. The van der Waals surface area contributed by atoms with E-state index in [1.54, 1.807) is 18.3 Å². The first-order valence-electron chi connectivity index (χ1n) is 6.66. The number of rotatable bonds is 6. The Bertz CT molecular complexity index is 691. The molecule has 5 heteroatoms. The summed E-state index contributed by atoms with van der Waals surface area (Å²) in [6, 6.07) is 11.1. The molecule has 0 aliphatic carbocycles. The van der Waals surface area contributed by atoms with E-state index in [9.17, 15) is 9.59 Å². The highest BCUT2D eigenvalue weighted by atomic mass is 16.5. The fraction of sp³-hybridized carbons (Fsp3) is 0.250. The third kappa shape index (κ3) is 3.95. The van der Waals surface area contributed by atoms with Gasteiger partial charge in [0, 0.05) is 12.7 Å². The van der Waals surface area contributed by atoms with Crippen molar-refractivity contribution in [2.75, 3.05) is 0 Å². The zero-order chi connectivity index (χ0) is 15.2. The Morgan fingerprint density at radius 3 is 2.71 bits per heavy atom. The molecule has 5 nitrogen and oxygen atoms in total. The molecule has 1 N–H and O–H groups in total. The van der Waals surface area contributed by atoms with Gasteiger partial charge in [0.2, 0.25) is 0 Å². The molecule has 0 unspecified atom stereocenters. The summed E-state index contributed by atoms with van der Waals surface area (Å²) >= 11 is 0. The molecular formula is C16H17NO4. The number of hydrogen-bond donors (Lipinski definition) is 1. The van der Waals surface area contributed by atoms with Crippen LogP contribution in [0.4, 0.5) is 0 Å². The summed E-state index contributed by atoms with van der Waals surface area (Å²) < 4.78 is 6.92. The number of benzene rings is 1. The molecule has 2 aromatic rings. The van der Waals surface area contributed by atoms with Crippen molar-refractivity contribution in [2.24, 2.45) is 0 Å². The Morgan fingerprint density at radius 2 is 2.00 bits per heavy atom. The fourth-order valence-corrected chi connectivity index (χ4v) is 1.94. The zero-order valence-corrected chi connectivity index (χ0v) is 11.8. The van der Waals surface area contributed by atoms with Crippen molar-refractivity contribution in [3.63, 3.8) is 0 Å². The lowest BCUT2D eigenvalue weighted by Gasteiger charge is -2.10. The normalized spacial score (nSPS) is 10.3. The molecule has 21 heavy (non-hydrogen) atoms. The zero-order valence-electron chi connectivity index (χ0n) is 11.8. The predicted octanol–water partition coefficient (Wildman–Crippen LogP) is 2.21. The summed E-state index contributed by atoms with van der Waals surface area (Å²) in [6.45, 7) is 2.43. The van der Waals surface area contributed by atoms with E-state index >= 15 is 0 Å². The number of carboxylic acids is 1. The van der Waals surface area contributed by atoms with Crippen LogP contribution in [-0.4, -0.2) is 15.6 Å². The van der Waals surface area contributed by atoms with Crippen molar-refractivity contribution < 1.29 is 14.6 Å². The van der Waals surface area contributed by atoms with Crippen molar-refractivity contribution in [2.45, 2.75) is 26.5 Å².